The third kappa shape index (κ3) is 3.78. The van der Waals surface area contributed by atoms with E-state index in [0.29, 0.717) is 52.9 Å². The summed E-state index contributed by atoms with van der Waals surface area (Å²) in [5.74, 6) is 1.78. The summed E-state index contributed by atoms with van der Waals surface area (Å²) in [4.78, 5) is 26.5. The number of benzene rings is 3. The predicted molar refractivity (Wildman–Crippen MR) is 137 cm³/mol. The Morgan fingerprint density at radius 3 is 2.34 bits per heavy atom. The van der Waals surface area contributed by atoms with Gasteiger partial charge in [0, 0.05) is 17.5 Å². The van der Waals surface area contributed by atoms with Crippen LogP contribution in [0.2, 0.25) is 0 Å². The molecule has 38 heavy (non-hydrogen) atoms. The molecule has 0 radical (unpaired) electrons. The molecule has 0 saturated heterocycles. The van der Waals surface area contributed by atoms with E-state index in [4.69, 9.17) is 32.8 Å². The zero-order valence-corrected chi connectivity index (χ0v) is 21.0. The maximum absolute atomic E-state index is 13.8. The number of hydrogen-bond donors (Lipinski definition) is 0. The van der Waals surface area contributed by atoms with Crippen LogP contribution in [-0.4, -0.2) is 40.5 Å². The van der Waals surface area contributed by atoms with Crippen LogP contribution in [0.25, 0.3) is 22.1 Å². The molecule has 3 aromatic carbocycles. The minimum absolute atomic E-state index is 0.0289. The maximum atomic E-state index is 13.8. The van der Waals surface area contributed by atoms with Crippen molar-refractivity contribution in [3.63, 3.8) is 0 Å². The maximum Gasteiger partial charge on any atom is 0.312 e. The highest BCUT2D eigenvalue weighted by Gasteiger charge is 2.35. The van der Waals surface area contributed by atoms with Crippen LogP contribution < -0.4 is 33.8 Å². The Labute approximate surface area is 217 Å². The Hall–Kier alpha value is -4.66. The summed E-state index contributed by atoms with van der Waals surface area (Å²) in [5.41, 5.74) is 2.35. The average Bonchev–Trinajstić information content (AvgIpc) is 2.95. The van der Waals surface area contributed by atoms with Crippen LogP contribution >= 0.6 is 0 Å². The molecular weight excluding hydrogens is 492 g/mol. The van der Waals surface area contributed by atoms with Crippen molar-refractivity contribution >= 4 is 16.9 Å². The Balaban J connectivity index is 1.58. The van der Waals surface area contributed by atoms with Crippen LogP contribution in [0.3, 0.4) is 0 Å². The Morgan fingerprint density at radius 1 is 0.842 bits per heavy atom. The van der Waals surface area contributed by atoms with Gasteiger partial charge in [0.2, 0.25) is 11.2 Å². The van der Waals surface area contributed by atoms with Crippen molar-refractivity contribution in [2.24, 2.45) is 0 Å². The number of hydrogen-bond acceptors (Lipinski definition) is 9. The number of ether oxygens (including phenoxy) is 6. The molecule has 6 rings (SSSR count). The topological polar surface area (TPSA) is 103 Å². The van der Waals surface area contributed by atoms with Crippen LogP contribution in [0.1, 0.15) is 23.5 Å². The van der Waals surface area contributed by atoms with Gasteiger partial charge in [-0.05, 0) is 35.4 Å². The van der Waals surface area contributed by atoms with Crippen molar-refractivity contribution in [3.05, 3.63) is 70.1 Å². The van der Waals surface area contributed by atoms with E-state index in [0.717, 1.165) is 5.56 Å². The normalized spacial score (nSPS) is 16.0. The number of fused-ring (bicyclic) bond motifs is 4. The molecule has 1 aromatic heterocycles. The SMILES string of the molecule is COc1ccc(-c2coc3c4c(cc(OC)c3c2=O)OC(=O)C[C@@H]4c2cc(OC)c3c(c2)OCCO3)cc1. The lowest BCUT2D eigenvalue weighted by atomic mass is 9.84. The molecule has 0 N–H and O–H groups in total. The third-order valence-corrected chi connectivity index (χ3v) is 6.83. The van der Waals surface area contributed by atoms with Crippen LogP contribution in [-0.2, 0) is 4.79 Å². The molecule has 9 nitrogen and oxygen atoms in total. The fourth-order valence-corrected chi connectivity index (χ4v) is 5.03. The number of carbonyl (C=O) groups is 1. The van der Waals surface area contributed by atoms with E-state index in [1.807, 2.05) is 6.07 Å². The molecule has 0 fully saturated rings. The monoisotopic (exact) mass is 516 g/mol. The fourth-order valence-electron chi connectivity index (χ4n) is 5.03. The van der Waals surface area contributed by atoms with Crippen LogP contribution in [0, 0.1) is 0 Å². The molecule has 3 heterocycles. The summed E-state index contributed by atoms with van der Waals surface area (Å²) in [6, 6.07) is 12.3. The van der Waals surface area contributed by atoms with Gasteiger partial charge in [0.05, 0.1) is 33.3 Å². The molecule has 9 heteroatoms. The number of methoxy groups -OCH3 is 3. The second kappa shape index (κ2) is 9.33. The molecule has 0 saturated carbocycles. The third-order valence-electron chi connectivity index (χ3n) is 6.83. The highest BCUT2D eigenvalue weighted by molar-refractivity contribution is 5.94. The Bertz CT molecular complexity index is 1600. The second-order valence-corrected chi connectivity index (χ2v) is 8.88. The first kappa shape index (κ1) is 23.7. The zero-order chi connectivity index (χ0) is 26.4. The van der Waals surface area contributed by atoms with E-state index in [1.165, 1.54) is 13.4 Å². The lowest BCUT2D eigenvalue weighted by molar-refractivity contribution is -0.135. The van der Waals surface area contributed by atoms with Crippen molar-refractivity contribution in [1.82, 2.24) is 0 Å². The first-order chi connectivity index (χ1) is 18.5. The van der Waals surface area contributed by atoms with E-state index in [1.54, 1.807) is 50.6 Å². The van der Waals surface area contributed by atoms with E-state index >= 15 is 0 Å². The van der Waals surface area contributed by atoms with E-state index in [2.05, 4.69) is 0 Å². The molecular formula is C29H24O9. The fraction of sp³-hybridized carbons (Fsp3) is 0.241. The standard InChI is InChI=1S/C29H24O9/c1-32-17-6-4-15(5-7-17)19-14-37-29-25-18(16-10-22(34-3)28-23(11-16)35-8-9-36-28)12-24(30)38-21(25)13-20(33-2)26(29)27(19)31/h4-7,10-11,13-14,18H,8-9,12H2,1-3H3/t18-/m1/s1. The largest absolute Gasteiger partial charge is 0.497 e. The Kier molecular flexibility index (Phi) is 5.83. The molecule has 0 aliphatic carbocycles. The van der Waals surface area contributed by atoms with Crippen molar-refractivity contribution in [2.45, 2.75) is 12.3 Å². The number of esters is 1. The minimum atomic E-state index is -0.501. The molecule has 194 valence electrons. The summed E-state index contributed by atoms with van der Waals surface area (Å²) < 4.78 is 39.6. The van der Waals surface area contributed by atoms with E-state index in [9.17, 15) is 9.59 Å². The summed E-state index contributed by atoms with van der Waals surface area (Å²) in [6.07, 6.45) is 1.45. The second-order valence-electron chi connectivity index (χ2n) is 8.88. The van der Waals surface area contributed by atoms with Gasteiger partial charge in [-0.25, -0.2) is 0 Å². The summed E-state index contributed by atoms with van der Waals surface area (Å²) in [5, 5.41) is 0.257. The molecule has 1 atom stereocenters. The molecule has 2 aliphatic heterocycles. The van der Waals surface area contributed by atoms with Gasteiger partial charge in [-0.3, -0.25) is 9.59 Å². The summed E-state index contributed by atoms with van der Waals surface area (Å²) in [7, 11) is 4.57. The first-order valence-corrected chi connectivity index (χ1v) is 12.0. The van der Waals surface area contributed by atoms with E-state index < -0.39 is 11.9 Å². The molecule has 0 unspecified atom stereocenters. The van der Waals surface area contributed by atoms with Crippen molar-refractivity contribution in [2.75, 3.05) is 34.5 Å². The number of rotatable bonds is 5. The highest BCUT2D eigenvalue weighted by Crippen LogP contribution is 2.49. The van der Waals surface area contributed by atoms with Crippen molar-refractivity contribution in [3.8, 4) is 45.6 Å². The van der Waals surface area contributed by atoms with Crippen LogP contribution in [0.4, 0.5) is 0 Å². The lowest BCUT2D eigenvalue weighted by Gasteiger charge is -2.28. The Morgan fingerprint density at radius 2 is 1.61 bits per heavy atom. The van der Waals surface area contributed by atoms with Gasteiger partial charge >= 0.3 is 5.97 Å². The summed E-state index contributed by atoms with van der Waals surface area (Å²) >= 11 is 0. The van der Waals surface area contributed by atoms with Crippen LogP contribution in [0.5, 0.6) is 34.5 Å². The molecule has 2 aliphatic rings. The molecule has 4 aromatic rings. The van der Waals surface area contributed by atoms with Gasteiger partial charge in [0.1, 0.15) is 47.7 Å². The zero-order valence-electron chi connectivity index (χ0n) is 21.0. The minimum Gasteiger partial charge on any atom is -0.497 e. The van der Waals surface area contributed by atoms with Gasteiger partial charge in [-0.2, -0.15) is 0 Å². The first-order valence-electron chi connectivity index (χ1n) is 12.0. The van der Waals surface area contributed by atoms with Gasteiger partial charge < -0.3 is 32.8 Å². The summed E-state index contributed by atoms with van der Waals surface area (Å²) in [6.45, 7) is 0.805. The predicted octanol–water partition coefficient (Wildman–Crippen LogP) is 4.70. The molecule has 0 spiro atoms. The van der Waals surface area contributed by atoms with Gasteiger partial charge in [-0.1, -0.05) is 12.1 Å². The van der Waals surface area contributed by atoms with Gasteiger partial charge in [0.25, 0.3) is 0 Å². The van der Waals surface area contributed by atoms with Gasteiger partial charge in [0.15, 0.2) is 11.5 Å². The average molecular weight is 517 g/mol. The van der Waals surface area contributed by atoms with E-state index in [-0.39, 0.29) is 34.3 Å². The number of carbonyl (C=O) groups excluding carboxylic acids is 1. The van der Waals surface area contributed by atoms with Gasteiger partial charge in [-0.15, -0.1) is 0 Å². The van der Waals surface area contributed by atoms with Crippen LogP contribution in [0.15, 0.2) is 57.9 Å². The molecule has 0 amide bonds. The van der Waals surface area contributed by atoms with Crippen molar-refractivity contribution in [1.29, 1.82) is 0 Å². The lowest BCUT2D eigenvalue weighted by Crippen LogP contribution is -2.23. The highest BCUT2D eigenvalue weighted by atomic mass is 16.6. The van der Waals surface area contributed by atoms with Crippen molar-refractivity contribution < 1.29 is 37.6 Å². The quantitative estimate of drug-likeness (QED) is 0.276. The smallest absolute Gasteiger partial charge is 0.312 e. The molecule has 0 bridgehead atoms.